The van der Waals surface area contributed by atoms with Gasteiger partial charge in [0, 0.05) is 12.6 Å². The summed E-state index contributed by atoms with van der Waals surface area (Å²) in [6.07, 6.45) is 0. The molecule has 0 fully saturated rings. The van der Waals surface area contributed by atoms with Gasteiger partial charge in [0.05, 0.1) is 0 Å². The molecule has 0 aliphatic carbocycles. The monoisotopic (exact) mass is 207 g/mol. The molecule has 1 N–H and O–H groups in total. The van der Waals surface area contributed by atoms with E-state index >= 15 is 0 Å². The minimum Gasteiger partial charge on any atom is -0.486 e. The second kappa shape index (κ2) is 4.53. The zero-order valence-electron chi connectivity index (χ0n) is 9.25. The highest BCUT2D eigenvalue weighted by atomic mass is 16.6. The van der Waals surface area contributed by atoms with Crippen molar-refractivity contribution in [3.05, 3.63) is 23.8 Å². The number of hydrogen-bond donors (Lipinski definition) is 1. The fraction of sp³-hybridized carbons (Fsp3) is 0.500. The van der Waals surface area contributed by atoms with Crippen LogP contribution in [0, 0.1) is 0 Å². The maximum Gasteiger partial charge on any atom is 0.161 e. The molecule has 1 aliphatic rings. The van der Waals surface area contributed by atoms with Crippen LogP contribution in [-0.2, 0) is 6.54 Å². The molecule has 0 saturated heterocycles. The summed E-state index contributed by atoms with van der Waals surface area (Å²) < 4.78 is 11.0. The summed E-state index contributed by atoms with van der Waals surface area (Å²) in [7, 11) is 0. The minimum absolute atomic E-state index is 0.498. The molecule has 0 radical (unpaired) electrons. The van der Waals surface area contributed by atoms with E-state index in [2.05, 4.69) is 25.2 Å². The second-order valence-corrected chi connectivity index (χ2v) is 4.01. The van der Waals surface area contributed by atoms with Crippen LogP contribution >= 0.6 is 0 Å². The lowest BCUT2D eigenvalue weighted by atomic mass is 10.2. The summed E-state index contributed by atoms with van der Waals surface area (Å²) in [4.78, 5) is 0. The molecule has 3 nitrogen and oxygen atoms in total. The highest BCUT2D eigenvalue weighted by molar-refractivity contribution is 5.43. The van der Waals surface area contributed by atoms with Gasteiger partial charge in [-0.25, -0.2) is 0 Å². The van der Waals surface area contributed by atoms with Crippen molar-refractivity contribution in [3.63, 3.8) is 0 Å². The molecule has 2 rings (SSSR count). The van der Waals surface area contributed by atoms with Crippen LogP contribution in [0.3, 0.4) is 0 Å². The van der Waals surface area contributed by atoms with E-state index in [-0.39, 0.29) is 0 Å². The molecule has 1 aromatic rings. The lowest BCUT2D eigenvalue weighted by molar-refractivity contribution is 0.171. The van der Waals surface area contributed by atoms with Crippen LogP contribution in [0.5, 0.6) is 11.5 Å². The molecule has 1 aromatic carbocycles. The first-order chi connectivity index (χ1) is 7.25. The van der Waals surface area contributed by atoms with Crippen LogP contribution in [0.25, 0.3) is 0 Å². The fourth-order valence-corrected chi connectivity index (χ4v) is 1.52. The van der Waals surface area contributed by atoms with Crippen LogP contribution in [0.4, 0.5) is 0 Å². The summed E-state index contributed by atoms with van der Waals surface area (Å²) >= 11 is 0. The van der Waals surface area contributed by atoms with E-state index in [1.807, 2.05) is 12.1 Å². The zero-order valence-corrected chi connectivity index (χ0v) is 9.25. The molecule has 0 aromatic heterocycles. The Balaban J connectivity index is 2.07. The third-order valence-corrected chi connectivity index (χ3v) is 2.32. The first kappa shape index (κ1) is 10.3. The van der Waals surface area contributed by atoms with Gasteiger partial charge < -0.3 is 14.8 Å². The molecular formula is C12H17NO2. The van der Waals surface area contributed by atoms with Gasteiger partial charge in [-0.3, -0.25) is 0 Å². The number of ether oxygens (including phenoxy) is 2. The van der Waals surface area contributed by atoms with Gasteiger partial charge in [-0.2, -0.15) is 0 Å². The first-order valence-corrected chi connectivity index (χ1v) is 5.37. The topological polar surface area (TPSA) is 30.5 Å². The van der Waals surface area contributed by atoms with Crippen molar-refractivity contribution in [2.45, 2.75) is 26.4 Å². The third-order valence-electron chi connectivity index (χ3n) is 2.32. The Labute approximate surface area is 90.4 Å². The Hall–Kier alpha value is -1.22. The van der Waals surface area contributed by atoms with E-state index in [9.17, 15) is 0 Å². The first-order valence-electron chi connectivity index (χ1n) is 5.37. The fourth-order valence-electron chi connectivity index (χ4n) is 1.52. The maximum absolute atomic E-state index is 5.52. The summed E-state index contributed by atoms with van der Waals surface area (Å²) in [5.41, 5.74) is 1.23. The molecule has 1 aliphatic heterocycles. The van der Waals surface area contributed by atoms with E-state index < -0.39 is 0 Å². The smallest absolute Gasteiger partial charge is 0.161 e. The molecular weight excluding hydrogens is 190 g/mol. The zero-order chi connectivity index (χ0) is 10.7. The normalized spacial score (nSPS) is 14.3. The van der Waals surface area contributed by atoms with Gasteiger partial charge in [0.2, 0.25) is 0 Å². The van der Waals surface area contributed by atoms with Crippen LogP contribution in [0.15, 0.2) is 18.2 Å². The molecule has 3 heteroatoms. The number of nitrogens with one attached hydrogen (secondary N) is 1. The standard InChI is InChI=1S/C12H17NO2/c1-9(2)13-8-10-3-4-11-12(7-10)15-6-5-14-11/h3-4,7,9,13H,5-6,8H2,1-2H3. The van der Waals surface area contributed by atoms with E-state index in [0.29, 0.717) is 19.3 Å². The predicted octanol–water partition coefficient (Wildman–Crippen LogP) is 1.96. The molecule has 0 amide bonds. The molecule has 0 saturated carbocycles. The minimum atomic E-state index is 0.498. The predicted molar refractivity (Wildman–Crippen MR) is 59.4 cm³/mol. The quantitative estimate of drug-likeness (QED) is 0.821. The van der Waals surface area contributed by atoms with E-state index in [0.717, 1.165) is 18.0 Å². The van der Waals surface area contributed by atoms with E-state index in [1.165, 1.54) is 5.56 Å². The summed E-state index contributed by atoms with van der Waals surface area (Å²) in [6.45, 7) is 6.44. The third kappa shape index (κ3) is 2.63. The SMILES string of the molecule is CC(C)NCc1ccc2c(c1)OCCO2. The van der Waals surface area contributed by atoms with Crippen molar-refractivity contribution >= 4 is 0 Å². The summed E-state index contributed by atoms with van der Waals surface area (Å²) in [5.74, 6) is 1.72. The van der Waals surface area contributed by atoms with E-state index in [4.69, 9.17) is 9.47 Å². The summed E-state index contributed by atoms with van der Waals surface area (Å²) in [6, 6.07) is 6.59. The maximum atomic E-state index is 5.52. The van der Waals surface area contributed by atoms with Gasteiger partial charge in [0.25, 0.3) is 0 Å². The van der Waals surface area contributed by atoms with Gasteiger partial charge in [-0.1, -0.05) is 19.9 Å². The largest absolute Gasteiger partial charge is 0.486 e. The Morgan fingerprint density at radius 2 is 1.93 bits per heavy atom. The Morgan fingerprint density at radius 1 is 1.20 bits per heavy atom. The lowest BCUT2D eigenvalue weighted by Crippen LogP contribution is -2.22. The average Bonchev–Trinajstić information content (AvgIpc) is 2.26. The highest BCUT2D eigenvalue weighted by Crippen LogP contribution is 2.30. The Bertz CT molecular complexity index is 336. The average molecular weight is 207 g/mol. The van der Waals surface area contributed by atoms with Crippen molar-refractivity contribution < 1.29 is 9.47 Å². The van der Waals surface area contributed by atoms with Gasteiger partial charge in [0.15, 0.2) is 11.5 Å². The van der Waals surface area contributed by atoms with Crippen LogP contribution in [0.2, 0.25) is 0 Å². The lowest BCUT2D eigenvalue weighted by Gasteiger charge is -2.19. The molecule has 82 valence electrons. The van der Waals surface area contributed by atoms with Gasteiger partial charge in [-0.05, 0) is 17.7 Å². The Kier molecular flexibility index (Phi) is 3.11. The Morgan fingerprint density at radius 3 is 2.67 bits per heavy atom. The van der Waals surface area contributed by atoms with Crippen molar-refractivity contribution in [1.29, 1.82) is 0 Å². The molecule has 15 heavy (non-hydrogen) atoms. The van der Waals surface area contributed by atoms with Crippen molar-refractivity contribution in [2.75, 3.05) is 13.2 Å². The van der Waals surface area contributed by atoms with Gasteiger partial charge >= 0.3 is 0 Å². The number of rotatable bonds is 3. The number of fused-ring (bicyclic) bond motifs is 1. The molecule has 0 atom stereocenters. The second-order valence-electron chi connectivity index (χ2n) is 4.01. The molecule has 0 bridgehead atoms. The van der Waals surface area contributed by atoms with Gasteiger partial charge in [0.1, 0.15) is 13.2 Å². The molecule has 1 heterocycles. The van der Waals surface area contributed by atoms with E-state index in [1.54, 1.807) is 0 Å². The van der Waals surface area contributed by atoms with Crippen LogP contribution in [-0.4, -0.2) is 19.3 Å². The molecule has 0 spiro atoms. The van der Waals surface area contributed by atoms with Crippen molar-refractivity contribution in [3.8, 4) is 11.5 Å². The van der Waals surface area contributed by atoms with Crippen LogP contribution in [0.1, 0.15) is 19.4 Å². The van der Waals surface area contributed by atoms with Crippen LogP contribution < -0.4 is 14.8 Å². The van der Waals surface area contributed by atoms with Crippen molar-refractivity contribution in [1.82, 2.24) is 5.32 Å². The number of benzene rings is 1. The van der Waals surface area contributed by atoms with Gasteiger partial charge in [-0.15, -0.1) is 0 Å². The van der Waals surface area contributed by atoms with Crippen molar-refractivity contribution in [2.24, 2.45) is 0 Å². The summed E-state index contributed by atoms with van der Waals surface area (Å²) in [5, 5.41) is 3.37. The number of hydrogen-bond acceptors (Lipinski definition) is 3. The highest BCUT2D eigenvalue weighted by Gasteiger charge is 2.11. The molecule has 0 unspecified atom stereocenters.